The molecule has 0 bridgehead atoms. The van der Waals surface area contributed by atoms with Gasteiger partial charge in [-0.1, -0.05) is 52.4 Å². The van der Waals surface area contributed by atoms with Gasteiger partial charge in [0.2, 0.25) is 5.78 Å². The van der Waals surface area contributed by atoms with Crippen LogP contribution in [-0.2, 0) is 14.3 Å². The molecule has 36 heavy (non-hydrogen) atoms. The van der Waals surface area contributed by atoms with Crippen LogP contribution < -0.4 is 5.32 Å². The van der Waals surface area contributed by atoms with Gasteiger partial charge >= 0.3 is 6.09 Å². The summed E-state index contributed by atoms with van der Waals surface area (Å²) >= 11 is 0. The van der Waals surface area contributed by atoms with E-state index in [1.54, 1.807) is 6.92 Å². The summed E-state index contributed by atoms with van der Waals surface area (Å²) in [5.74, 6) is -0.634. The molecule has 1 aromatic carbocycles. The minimum absolute atomic E-state index is 0.136. The average Bonchev–Trinajstić information content (AvgIpc) is 3.16. The molecular formula is C26H36FN3O6. The molecule has 1 saturated carbocycles. The molecule has 4 rings (SSSR count). The number of carbonyl (C=O) groups is 3. The molecule has 1 aliphatic carbocycles. The summed E-state index contributed by atoms with van der Waals surface area (Å²) in [4.78, 5) is 42.1. The van der Waals surface area contributed by atoms with Crippen LogP contribution in [0.15, 0.2) is 22.6 Å². The fourth-order valence-corrected chi connectivity index (χ4v) is 4.20. The van der Waals surface area contributed by atoms with Crippen LogP contribution in [-0.4, -0.2) is 66.6 Å². The van der Waals surface area contributed by atoms with E-state index in [-0.39, 0.29) is 23.8 Å². The molecule has 1 N–H and O–H groups in total. The SMILES string of the molecule is CC1CCCCCC1.CCC(NC(=O)OCC(=O)N1CCOCC1)C(=O)c1nc2ccc(F)cc2o1. The first-order valence-electron chi connectivity index (χ1n) is 12.8. The van der Waals surface area contributed by atoms with Crippen molar-refractivity contribution < 1.29 is 32.7 Å². The average molecular weight is 506 g/mol. The Hall–Kier alpha value is -3.01. The van der Waals surface area contributed by atoms with Crippen molar-refractivity contribution in [1.82, 2.24) is 15.2 Å². The quantitative estimate of drug-likeness (QED) is 0.455. The zero-order chi connectivity index (χ0) is 25.9. The molecule has 2 aliphatic rings. The van der Waals surface area contributed by atoms with Crippen molar-refractivity contribution in [2.75, 3.05) is 32.9 Å². The van der Waals surface area contributed by atoms with Gasteiger partial charge < -0.3 is 24.1 Å². The molecule has 198 valence electrons. The highest BCUT2D eigenvalue weighted by Crippen LogP contribution is 2.21. The molecular weight excluding hydrogens is 469 g/mol. The Morgan fingerprint density at radius 2 is 1.86 bits per heavy atom. The molecule has 2 aromatic rings. The zero-order valence-electron chi connectivity index (χ0n) is 21.1. The van der Waals surface area contributed by atoms with Crippen LogP contribution >= 0.6 is 0 Å². The molecule has 1 aromatic heterocycles. The van der Waals surface area contributed by atoms with Crippen molar-refractivity contribution in [3.05, 3.63) is 29.9 Å². The topological polar surface area (TPSA) is 111 Å². The van der Waals surface area contributed by atoms with Crippen LogP contribution in [0.4, 0.5) is 9.18 Å². The van der Waals surface area contributed by atoms with Crippen molar-refractivity contribution in [2.24, 2.45) is 5.92 Å². The van der Waals surface area contributed by atoms with Crippen molar-refractivity contribution in [3.8, 4) is 0 Å². The predicted molar refractivity (Wildman–Crippen MR) is 131 cm³/mol. The number of nitrogens with one attached hydrogen (secondary N) is 1. The number of hydrogen-bond acceptors (Lipinski definition) is 7. The maximum Gasteiger partial charge on any atom is 0.408 e. The van der Waals surface area contributed by atoms with Crippen LogP contribution in [0.3, 0.4) is 0 Å². The summed E-state index contributed by atoms with van der Waals surface area (Å²) in [7, 11) is 0. The third-order valence-electron chi connectivity index (χ3n) is 6.41. The molecule has 1 unspecified atom stereocenters. The van der Waals surface area contributed by atoms with E-state index in [4.69, 9.17) is 13.9 Å². The summed E-state index contributed by atoms with van der Waals surface area (Å²) in [6.07, 6.45) is 8.28. The maximum absolute atomic E-state index is 13.2. The van der Waals surface area contributed by atoms with E-state index in [9.17, 15) is 18.8 Å². The monoisotopic (exact) mass is 505 g/mol. The smallest absolute Gasteiger partial charge is 0.408 e. The van der Waals surface area contributed by atoms with Crippen molar-refractivity contribution in [3.63, 3.8) is 0 Å². The number of nitrogens with zero attached hydrogens (tertiary/aromatic N) is 2. The molecule has 1 saturated heterocycles. The summed E-state index contributed by atoms with van der Waals surface area (Å²) in [6, 6.07) is 2.77. The van der Waals surface area contributed by atoms with Crippen LogP contribution in [0, 0.1) is 11.7 Å². The number of benzene rings is 1. The standard InChI is InChI=1S/C18H20FN3O6.C8H16/c1-2-12(16(24)17-20-13-4-3-11(19)9-14(13)28-17)21-18(25)27-10-15(23)22-5-7-26-8-6-22;1-8-6-4-2-3-5-7-8/h3-4,9,12H,2,5-8,10H2,1H3,(H,21,25);8H,2-7H2,1H3. The van der Waals surface area contributed by atoms with Crippen molar-refractivity contribution in [1.29, 1.82) is 0 Å². The highest BCUT2D eigenvalue weighted by molar-refractivity contribution is 5.99. The Morgan fingerprint density at radius 3 is 2.53 bits per heavy atom. The van der Waals surface area contributed by atoms with E-state index < -0.39 is 30.3 Å². The second-order valence-corrected chi connectivity index (χ2v) is 9.27. The number of Topliss-reactive ketones (excluding diaryl/α,β-unsaturated/α-hetero) is 1. The molecule has 1 aliphatic heterocycles. The fraction of sp³-hybridized carbons (Fsp3) is 0.615. The highest BCUT2D eigenvalue weighted by Gasteiger charge is 2.26. The third-order valence-corrected chi connectivity index (χ3v) is 6.41. The molecule has 1 atom stereocenters. The first-order chi connectivity index (χ1) is 17.4. The zero-order valence-corrected chi connectivity index (χ0v) is 21.1. The summed E-state index contributed by atoms with van der Waals surface area (Å²) in [6.45, 7) is 5.40. The number of aromatic nitrogens is 1. The molecule has 10 heteroatoms. The lowest BCUT2D eigenvalue weighted by molar-refractivity contribution is -0.138. The lowest BCUT2D eigenvalue weighted by atomic mass is 10.0. The second kappa shape index (κ2) is 13.9. The van der Waals surface area contributed by atoms with Gasteiger partial charge in [-0.3, -0.25) is 9.59 Å². The summed E-state index contributed by atoms with van der Waals surface area (Å²) < 4.78 is 28.6. The third kappa shape index (κ3) is 8.29. The van der Waals surface area contributed by atoms with Gasteiger partial charge in [0.25, 0.3) is 11.8 Å². The number of amides is 2. The Morgan fingerprint density at radius 1 is 1.17 bits per heavy atom. The van der Waals surface area contributed by atoms with Crippen LogP contribution in [0.2, 0.25) is 0 Å². The minimum Gasteiger partial charge on any atom is -0.439 e. The van der Waals surface area contributed by atoms with E-state index >= 15 is 0 Å². The van der Waals surface area contributed by atoms with E-state index in [1.807, 2.05) is 0 Å². The molecule has 2 amide bonds. The first kappa shape index (κ1) is 27.6. The second-order valence-electron chi connectivity index (χ2n) is 9.27. The van der Waals surface area contributed by atoms with Gasteiger partial charge in [0.05, 0.1) is 13.2 Å². The molecule has 9 nitrogen and oxygen atoms in total. The van der Waals surface area contributed by atoms with Crippen LogP contribution in [0.1, 0.15) is 69.5 Å². The van der Waals surface area contributed by atoms with Crippen LogP contribution in [0.5, 0.6) is 0 Å². The number of carbonyl (C=O) groups excluding carboxylic acids is 3. The Bertz CT molecular complexity index is 1010. The lowest BCUT2D eigenvalue weighted by Gasteiger charge is -2.26. The van der Waals surface area contributed by atoms with E-state index in [1.165, 1.54) is 55.6 Å². The van der Waals surface area contributed by atoms with E-state index in [0.717, 1.165) is 12.0 Å². The highest BCUT2D eigenvalue weighted by atomic mass is 19.1. The van der Waals surface area contributed by atoms with Gasteiger partial charge in [-0.2, -0.15) is 0 Å². The first-order valence-corrected chi connectivity index (χ1v) is 12.8. The number of fused-ring (bicyclic) bond motifs is 1. The molecule has 0 radical (unpaired) electrons. The van der Waals surface area contributed by atoms with Gasteiger partial charge in [-0.15, -0.1) is 0 Å². The largest absolute Gasteiger partial charge is 0.439 e. The number of oxazole rings is 1. The van der Waals surface area contributed by atoms with Gasteiger partial charge in [0.1, 0.15) is 17.4 Å². The number of alkyl carbamates (subject to hydrolysis) is 1. The van der Waals surface area contributed by atoms with Crippen molar-refractivity contribution in [2.45, 2.75) is 64.8 Å². The van der Waals surface area contributed by atoms with E-state index in [0.29, 0.717) is 31.8 Å². The number of halogens is 1. The minimum atomic E-state index is -0.955. The number of rotatable bonds is 6. The number of hydrogen-bond donors (Lipinski definition) is 1. The fourth-order valence-electron chi connectivity index (χ4n) is 4.20. The summed E-state index contributed by atoms with van der Waals surface area (Å²) in [5, 5.41) is 2.40. The van der Waals surface area contributed by atoms with Gasteiger partial charge in [0.15, 0.2) is 12.2 Å². The Balaban J connectivity index is 0.000000383. The maximum atomic E-state index is 13.2. The van der Waals surface area contributed by atoms with Crippen LogP contribution in [0.25, 0.3) is 11.1 Å². The van der Waals surface area contributed by atoms with E-state index in [2.05, 4.69) is 17.2 Å². The van der Waals surface area contributed by atoms with Gasteiger partial charge in [-0.05, 0) is 24.5 Å². The Kier molecular flexibility index (Phi) is 10.7. The number of ketones is 1. The van der Waals surface area contributed by atoms with Crippen molar-refractivity contribution >= 4 is 28.9 Å². The summed E-state index contributed by atoms with van der Waals surface area (Å²) in [5.41, 5.74) is 0.468. The van der Waals surface area contributed by atoms with Gasteiger partial charge in [-0.25, -0.2) is 14.2 Å². The molecule has 0 spiro atoms. The lowest BCUT2D eigenvalue weighted by Crippen LogP contribution is -2.45. The normalized spacial score (nSPS) is 17.5. The van der Waals surface area contributed by atoms with Gasteiger partial charge in [0, 0.05) is 19.2 Å². The number of ether oxygens (including phenoxy) is 2. The molecule has 2 heterocycles. The number of morpholine rings is 1. The molecule has 2 fully saturated rings. The predicted octanol–water partition coefficient (Wildman–Crippen LogP) is 4.49. The Labute approximate surface area is 210 Å².